The van der Waals surface area contributed by atoms with Crippen LogP contribution in [0.5, 0.6) is 5.75 Å². The summed E-state index contributed by atoms with van der Waals surface area (Å²) in [5.41, 5.74) is 9.35. The van der Waals surface area contributed by atoms with Crippen molar-refractivity contribution in [1.29, 1.82) is 0 Å². The van der Waals surface area contributed by atoms with Crippen LogP contribution >= 0.6 is 0 Å². The van der Waals surface area contributed by atoms with Gasteiger partial charge in [0.25, 0.3) is 0 Å². The summed E-state index contributed by atoms with van der Waals surface area (Å²) in [5, 5.41) is 13.1. The number of para-hydroxylation sites is 1. The summed E-state index contributed by atoms with van der Waals surface area (Å²) in [6.45, 7) is 0. The number of aromatic hydroxyl groups is 1. The monoisotopic (exact) mass is 539 g/mol. The fourth-order valence-electron chi connectivity index (χ4n) is 6.56. The molecule has 4 heteroatoms. The second kappa shape index (κ2) is 9.50. The Morgan fingerprint density at radius 1 is 0.548 bits per heavy atom. The van der Waals surface area contributed by atoms with Crippen molar-refractivity contribution >= 4 is 10.8 Å². The normalized spacial score (nSPS) is 15.3. The molecule has 2 aromatic heterocycles. The maximum Gasteiger partial charge on any atom is 0.124 e. The summed E-state index contributed by atoms with van der Waals surface area (Å²) in [4.78, 5) is 14.0. The maximum atomic E-state index is 10.7. The van der Waals surface area contributed by atoms with Crippen LogP contribution in [0.2, 0.25) is 0 Å². The van der Waals surface area contributed by atoms with Gasteiger partial charge in [0, 0.05) is 17.3 Å². The average Bonchev–Trinajstić information content (AvgIpc) is 3.34. The Balaban J connectivity index is 1.49. The highest BCUT2D eigenvalue weighted by molar-refractivity contribution is 5.95. The van der Waals surface area contributed by atoms with Gasteiger partial charge in [-0.1, -0.05) is 84.9 Å². The Morgan fingerprint density at radius 3 is 2.14 bits per heavy atom. The van der Waals surface area contributed by atoms with Gasteiger partial charge in [0.15, 0.2) is 0 Å². The van der Waals surface area contributed by atoms with Gasteiger partial charge < -0.3 is 5.11 Å². The molecule has 0 amide bonds. The molecule has 0 fully saturated rings. The van der Waals surface area contributed by atoms with Gasteiger partial charge in [0.1, 0.15) is 12.1 Å². The summed E-state index contributed by atoms with van der Waals surface area (Å²) in [5.74, 6) is 0.208. The van der Waals surface area contributed by atoms with Crippen LogP contribution in [0.3, 0.4) is 0 Å². The van der Waals surface area contributed by atoms with Crippen molar-refractivity contribution in [2.24, 2.45) is 0 Å². The molecule has 0 bridgehead atoms. The molecule has 0 saturated heterocycles. The van der Waals surface area contributed by atoms with Crippen molar-refractivity contribution in [3.8, 4) is 39.4 Å². The summed E-state index contributed by atoms with van der Waals surface area (Å²) in [6.07, 6.45) is 3.36. The SMILES string of the molecule is Oc1ccccc1-c1cccc(C2(c3cccc(-c4ccncn4)c3)c3ccccc3-c3cc4ccccc4cc32)n1. The maximum absolute atomic E-state index is 10.7. The first-order valence-corrected chi connectivity index (χ1v) is 14.0. The highest BCUT2D eigenvalue weighted by atomic mass is 16.3. The third-order valence-corrected chi connectivity index (χ3v) is 8.40. The molecule has 1 atom stereocenters. The summed E-state index contributed by atoms with van der Waals surface area (Å²) < 4.78 is 0. The zero-order valence-electron chi connectivity index (χ0n) is 22.6. The molecule has 1 aliphatic rings. The molecule has 0 radical (unpaired) electrons. The first-order valence-electron chi connectivity index (χ1n) is 14.0. The van der Waals surface area contributed by atoms with E-state index in [1.54, 1.807) is 18.6 Å². The van der Waals surface area contributed by atoms with Crippen molar-refractivity contribution in [3.63, 3.8) is 0 Å². The van der Waals surface area contributed by atoms with Crippen LogP contribution in [0.1, 0.15) is 22.4 Å². The van der Waals surface area contributed by atoms with Crippen LogP contribution in [0.25, 0.3) is 44.4 Å². The first kappa shape index (κ1) is 24.2. The Kier molecular flexibility index (Phi) is 5.47. The van der Waals surface area contributed by atoms with Crippen molar-refractivity contribution in [2.75, 3.05) is 0 Å². The van der Waals surface area contributed by atoms with E-state index >= 15 is 0 Å². The highest BCUT2D eigenvalue weighted by Crippen LogP contribution is 2.56. The number of phenols is 1. The second-order valence-electron chi connectivity index (χ2n) is 10.6. The van der Waals surface area contributed by atoms with Gasteiger partial charge in [-0.25, -0.2) is 9.97 Å². The number of aromatic nitrogens is 3. The van der Waals surface area contributed by atoms with Crippen LogP contribution in [-0.2, 0) is 5.41 Å². The van der Waals surface area contributed by atoms with Gasteiger partial charge in [0.05, 0.1) is 22.5 Å². The van der Waals surface area contributed by atoms with E-state index in [1.165, 1.54) is 33.0 Å². The molecule has 0 spiro atoms. The van der Waals surface area contributed by atoms with Crippen LogP contribution in [0, 0.1) is 0 Å². The number of fused-ring (bicyclic) bond motifs is 4. The van der Waals surface area contributed by atoms with Crippen molar-refractivity contribution in [1.82, 2.24) is 15.0 Å². The van der Waals surface area contributed by atoms with E-state index in [2.05, 4.69) is 101 Å². The van der Waals surface area contributed by atoms with E-state index in [-0.39, 0.29) is 5.75 Å². The van der Waals surface area contributed by atoms with Crippen LogP contribution in [0.15, 0.2) is 146 Å². The minimum atomic E-state index is -0.709. The quantitative estimate of drug-likeness (QED) is 0.244. The van der Waals surface area contributed by atoms with Crippen molar-refractivity contribution in [2.45, 2.75) is 5.41 Å². The number of pyridine rings is 1. The lowest BCUT2D eigenvalue weighted by Gasteiger charge is -2.33. The van der Waals surface area contributed by atoms with E-state index in [1.807, 2.05) is 36.4 Å². The minimum Gasteiger partial charge on any atom is -0.507 e. The number of rotatable bonds is 4. The molecule has 8 rings (SSSR count). The lowest BCUT2D eigenvalue weighted by Crippen LogP contribution is -2.30. The van der Waals surface area contributed by atoms with Gasteiger partial charge in [-0.2, -0.15) is 0 Å². The minimum absolute atomic E-state index is 0.208. The van der Waals surface area contributed by atoms with Crippen LogP contribution in [-0.4, -0.2) is 20.1 Å². The van der Waals surface area contributed by atoms with Gasteiger partial charge >= 0.3 is 0 Å². The molecule has 2 heterocycles. The predicted molar refractivity (Wildman–Crippen MR) is 167 cm³/mol. The van der Waals surface area contributed by atoms with E-state index in [0.717, 1.165) is 28.2 Å². The third kappa shape index (κ3) is 3.59. The topological polar surface area (TPSA) is 58.9 Å². The van der Waals surface area contributed by atoms with E-state index in [4.69, 9.17) is 4.98 Å². The number of nitrogens with zero attached hydrogens (tertiary/aromatic N) is 3. The van der Waals surface area contributed by atoms with E-state index in [9.17, 15) is 5.11 Å². The third-order valence-electron chi connectivity index (χ3n) is 8.40. The van der Waals surface area contributed by atoms with Gasteiger partial charge in [-0.3, -0.25) is 4.98 Å². The molecular weight excluding hydrogens is 514 g/mol. The van der Waals surface area contributed by atoms with Crippen LogP contribution < -0.4 is 0 Å². The van der Waals surface area contributed by atoms with E-state index in [0.29, 0.717) is 5.56 Å². The molecular formula is C38H25N3O. The van der Waals surface area contributed by atoms with Gasteiger partial charge in [0.2, 0.25) is 0 Å². The van der Waals surface area contributed by atoms with Gasteiger partial charge in [-0.05, 0) is 87.1 Å². The molecule has 7 aromatic rings. The summed E-state index contributed by atoms with van der Waals surface area (Å²) in [6, 6.07) is 45.9. The van der Waals surface area contributed by atoms with Crippen molar-refractivity contribution in [3.05, 3.63) is 168 Å². The molecule has 1 aliphatic carbocycles. The summed E-state index contributed by atoms with van der Waals surface area (Å²) in [7, 11) is 0. The number of phenolic OH excluding ortho intramolecular Hbond substituents is 1. The fourth-order valence-corrected chi connectivity index (χ4v) is 6.56. The molecule has 198 valence electrons. The second-order valence-corrected chi connectivity index (χ2v) is 10.6. The van der Waals surface area contributed by atoms with Crippen molar-refractivity contribution < 1.29 is 5.11 Å². The molecule has 0 aliphatic heterocycles. The molecule has 1 N–H and O–H groups in total. The Bertz CT molecular complexity index is 2120. The Labute approximate surface area is 243 Å². The largest absolute Gasteiger partial charge is 0.507 e. The molecule has 0 saturated carbocycles. The molecule has 4 nitrogen and oxygen atoms in total. The fraction of sp³-hybridized carbons (Fsp3) is 0.0263. The Hall–Kier alpha value is -5.61. The zero-order chi connectivity index (χ0) is 28.1. The number of benzene rings is 5. The molecule has 42 heavy (non-hydrogen) atoms. The lowest BCUT2D eigenvalue weighted by atomic mass is 9.69. The molecule has 5 aromatic carbocycles. The Morgan fingerprint density at radius 2 is 1.31 bits per heavy atom. The predicted octanol–water partition coefficient (Wildman–Crippen LogP) is 8.43. The smallest absolute Gasteiger partial charge is 0.124 e. The van der Waals surface area contributed by atoms with Gasteiger partial charge in [-0.15, -0.1) is 0 Å². The lowest BCUT2D eigenvalue weighted by molar-refractivity contribution is 0.477. The number of hydrogen-bond acceptors (Lipinski definition) is 4. The first-order chi connectivity index (χ1) is 20.7. The summed E-state index contributed by atoms with van der Waals surface area (Å²) >= 11 is 0. The number of hydrogen-bond donors (Lipinski definition) is 1. The highest BCUT2D eigenvalue weighted by Gasteiger charge is 2.47. The van der Waals surface area contributed by atoms with Crippen LogP contribution in [0.4, 0.5) is 0 Å². The zero-order valence-corrected chi connectivity index (χ0v) is 22.6. The standard InChI is InChI=1S/C38H25N3O/c42-36-17-6-4-14-30(36)35-16-8-18-37(41-35)38(28-12-7-11-27(21-28)34-19-20-39-24-40-34)32-15-5-3-13-29(32)31-22-25-9-1-2-10-26(25)23-33(31)38/h1-24,42H. The van der Waals surface area contributed by atoms with E-state index < -0.39 is 5.41 Å². The average molecular weight is 540 g/mol. The molecule has 1 unspecified atom stereocenters.